The minimum atomic E-state index is 0. The van der Waals surface area contributed by atoms with Gasteiger partial charge in [0.2, 0.25) is 5.91 Å². The molecular formula is C14H27Cl2N3O. The van der Waals surface area contributed by atoms with Crippen LogP contribution in [0.2, 0.25) is 0 Å². The van der Waals surface area contributed by atoms with Crippen molar-refractivity contribution in [2.75, 3.05) is 26.2 Å². The van der Waals surface area contributed by atoms with Crippen molar-refractivity contribution in [3.63, 3.8) is 0 Å². The molecule has 2 heterocycles. The average molecular weight is 324 g/mol. The average Bonchev–Trinajstić information content (AvgIpc) is 2.84. The van der Waals surface area contributed by atoms with Gasteiger partial charge in [0.05, 0.1) is 0 Å². The summed E-state index contributed by atoms with van der Waals surface area (Å²) in [5, 5.41) is 6.55. The Balaban J connectivity index is 0.00000180. The van der Waals surface area contributed by atoms with Crippen molar-refractivity contribution < 1.29 is 4.79 Å². The first-order valence-electron chi connectivity index (χ1n) is 7.14. The molecular weight excluding hydrogens is 297 g/mol. The molecule has 2 N–H and O–H groups in total. The van der Waals surface area contributed by atoms with Crippen LogP contribution in [0, 0.1) is 0 Å². The van der Waals surface area contributed by atoms with Gasteiger partial charge in [0.25, 0.3) is 0 Å². The molecule has 2 rings (SSSR count). The molecule has 118 valence electrons. The molecule has 0 aromatic carbocycles. The topological polar surface area (TPSA) is 44.4 Å². The molecule has 1 unspecified atom stereocenters. The van der Waals surface area contributed by atoms with Crippen LogP contribution < -0.4 is 10.6 Å². The molecule has 0 aliphatic carbocycles. The largest absolute Gasteiger partial charge is 0.353 e. The minimum absolute atomic E-state index is 0. The number of hydrogen-bond acceptors (Lipinski definition) is 3. The number of nitrogens with zero attached hydrogens (tertiary/aromatic N) is 1. The van der Waals surface area contributed by atoms with Gasteiger partial charge >= 0.3 is 0 Å². The lowest BCUT2D eigenvalue weighted by atomic mass is 10.0. The maximum absolute atomic E-state index is 11.9. The van der Waals surface area contributed by atoms with Crippen LogP contribution in [0.25, 0.3) is 0 Å². The molecule has 0 aromatic heterocycles. The third kappa shape index (κ3) is 6.44. The van der Waals surface area contributed by atoms with E-state index < -0.39 is 0 Å². The summed E-state index contributed by atoms with van der Waals surface area (Å²) in [6.45, 7) is 7.93. The van der Waals surface area contributed by atoms with Crippen LogP contribution >= 0.6 is 24.8 Å². The summed E-state index contributed by atoms with van der Waals surface area (Å²) >= 11 is 0. The van der Waals surface area contributed by atoms with E-state index in [1.54, 1.807) is 0 Å². The Kier molecular flexibility index (Phi) is 10.3. The number of hydrogen-bond donors (Lipinski definition) is 2. The maximum Gasteiger partial charge on any atom is 0.221 e. The summed E-state index contributed by atoms with van der Waals surface area (Å²) in [5.74, 6) is 0.219. The number of rotatable bonds is 5. The van der Waals surface area contributed by atoms with Gasteiger partial charge in [-0.3, -0.25) is 9.69 Å². The van der Waals surface area contributed by atoms with Crippen LogP contribution in [-0.2, 0) is 4.79 Å². The molecule has 0 aromatic rings. The van der Waals surface area contributed by atoms with E-state index in [9.17, 15) is 4.79 Å². The Morgan fingerprint density at radius 2 is 2.00 bits per heavy atom. The molecule has 20 heavy (non-hydrogen) atoms. The van der Waals surface area contributed by atoms with E-state index in [2.05, 4.69) is 22.1 Å². The van der Waals surface area contributed by atoms with E-state index >= 15 is 0 Å². The highest BCUT2D eigenvalue weighted by Crippen LogP contribution is 2.12. The van der Waals surface area contributed by atoms with E-state index in [0.717, 1.165) is 45.4 Å². The first kappa shape index (κ1) is 19.7. The molecule has 0 bridgehead atoms. The number of likely N-dealkylation sites (tertiary alicyclic amines) is 1. The number of carbonyl (C=O) groups excluding carboxylic acids is 1. The normalized spacial score (nSPS) is 23.5. The molecule has 2 fully saturated rings. The van der Waals surface area contributed by atoms with E-state index in [0.29, 0.717) is 18.5 Å². The third-order valence-corrected chi connectivity index (χ3v) is 3.93. The quantitative estimate of drug-likeness (QED) is 0.757. The van der Waals surface area contributed by atoms with Crippen LogP contribution in [0.4, 0.5) is 0 Å². The summed E-state index contributed by atoms with van der Waals surface area (Å²) in [4.78, 5) is 14.3. The predicted molar refractivity (Wildman–Crippen MR) is 87.9 cm³/mol. The highest BCUT2D eigenvalue weighted by Gasteiger charge is 2.22. The van der Waals surface area contributed by atoms with E-state index in [-0.39, 0.29) is 30.7 Å². The summed E-state index contributed by atoms with van der Waals surface area (Å²) < 4.78 is 0. The molecule has 2 aliphatic heterocycles. The Morgan fingerprint density at radius 3 is 2.55 bits per heavy atom. The van der Waals surface area contributed by atoms with Gasteiger partial charge in [-0.15, -0.1) is 31.4 Å². The van der Waals surface area contributed by atoms with Gasteiger partial charge in [-0.1, -0.05) is 6.08 Å². The Labute approximate surface area is 134 Å². The highest BCUT2D eigenvalue weighted by molar-refractivity contribution is 5.85. The zero-order chi connectivity index (χ0) is 12.8. The molecule has 2 saturated heterocycles. The Hall–Kier alpha value is -0.290. The Bertz CT molecular complexity index is 288. The predicted octanol–water partition coefficient (Wildman–Crippen LogP) is 1.74. The monoisotopic (exact) mass is 323 g/mol. The lowest BCUT2D eigenvalue weighted by Gasteiger charge is -2.31. The van der Waals surface area contributed by atoms with Gasteiger partial charge in [-0.05, 0) is 32.2 Å². The van der Waals surface area contributed by atoms with Gasteiger partial charge in [0, 0.05) is 38.1 Å². The molecule has 6 heteroatoms. The van der Waals surface area contributed by atoms with Crippen molar-refractivity contribution in [1.82, 2.24) is 15.5 Å². The maximum atomic E-state index is 11.9. The number of carbonyl (C=O) groups is 1. The van der Waals surface area contributed by atoms with Crippen molar-refractivity contribution in [2.45, 2.75) is 44.2 Å². The lowest BCUT2D eigenvalue weighted by molar-refractivity contribution is -0.122. The number of amides is 1. The number of piperidine rings is 1. The van der Waals surface area contributed by atoms with Crippen molar-refractivity contribution in [1.29, 1.82) is 0 Å². The zero-order valence-electron chi connectivity index (χ0n) is 12.0. The minimum Gasteiger partial charge on any atom is -0.353 e. The van der Waals surface area contributed by atoms with Crippen molar-refractivity contribution in [3.05, 3.63) is 12.7 Å². The van der Waals surface area contributed by atoms with Gasteiger partial charge in [0.1, 0.15) is 0 Å². The van der Waals surface area contributed by atoms with Crippen LogP contribution in [0.1, 0.15) is 32.1 Å². The summed E-state index contributed by atoms with van der Waals surface area (Å²) in [7, 11) is 0. The van der Waals surface area contributed by atoms with E-state index in [1.807, 2.05) is 6.08 Å². The Morgan fingerprint density at radius 1 is 1.30 bits per heavy atom. The van der Waals surface area contributed by atoms with Gasteiger partial charge in [-0.2, -0.15) is 0 Å². The van der Waals surface area contributed by atoms with Crippen LogP contribution in [-0.4, -0.2) is 49.1 Å². The first-order valence-corrected chi connectivity index (χ1v) is 7.14. The van der Waals surface area contributed by atoms with Gasteiger partial charge < -0.3 is 10.6 Å². The molecule has 0 saturated carbocycles. The van der Waals surface area contributed by atoms with Crippen molar-refractivity contribution in [2.24, 2.45) is 0 Å². The number of halogens is 2. The molecule has 4 nitrogen and oxygen atoms in total. The van der Waals surface area contributed by atoms with E-state index in [1.165, 1.54) is 6.42 Å². The van der Waals surface area contributed by atoms with Gasteiger partial charge in [-0.25, -0.2) is 0 Å². The highest BCUT2D eigenvalue weighted by atomic mass is 35.5. The van der Waals surface area contributed by atoms with Gasteiger partial charge in [0.15, 0.2) is 0 Å². The first-order chi connectivity index (χ1) is 8.78. The van der Waals surface area contributed by atoms with Crippen LogP contribution in [0.3, 0.4) is 0 Å². The van der Waals surface area contributed by atoms with E-state index in [4.69, 9.17) is 0 Å². The smallest absolute Gasteiger partial charge is 0.221 e. The summed E-state index contributed by atoms with van der Waals surface area (Å²) in [5.41, 5.74) is 0. The fraction of sp³-hybridized carbons (Fsp3) is 0.786. The molecule has 0 radical (unpaired) electrons. The molecule has 0 spiro atoms. The molecule has 2 aliphatic rings. The SMILES string of the molecule is C=CCN1CCC(NC(=O)CC2CCCN2)CC1.Cl.Cl. The number of nitrogens with one attached hydrogen (secondary N) is 2. The van der Waals surface area contributed by atoms with Crippen molar-refractivity contribution >= 4 is 30.7 Å². The van der Waals surface area contributed by atoms with Crippen molar-refractivity contribution in [3.8, 4) is 0 Å². The second-order valence-corrected chi connectivity index (χ2v) is 5.43. The molecule has 1 atom stereocenters. The standard InChI is InChI=1S/C14H25N3O.2ClH/c1-2-8-17-9-5-12(6-10-17)16-14(18)11-13-4-3-7-15-13;;/h2,12-13,15H,1,3-11H2,(H,16,18);2*1H. The lowest BCUT2D eigenvalue weighted by Crippen LogP contribution is -2.45. The summed E-state index contributed by atoms with van der Waals surface area (Å²) in [6, 6.07) is 0.783. The molecule has 1 amide bonds. The second kappa shape index (κ2) is 10.4. The van der Waals surface area contributed by atoms with Crippen LogP contribution in [0.15, 0.2) is 12.7 Å². The zero-order valence-corrected chi connectivity index (χ0v) is 13.6. The fourth-order valence-electron chi connectivity index (χ4n) is 2.88. The van der Waals surface area contributed by atoms with Crippen LogP contribution in [0.5, 0.6) is 0 Å². The third-order valence-electron chi connectivity index (χ3n) is 3.93. The fourth-order valence-corrected chi connectivity index (χ4v) is 2.88. The second-order valence-electron chi connectivity index (χ2n) is 5.43. The summed E-state index contributed by atoms with van der Waals surface area (Å²) in [6.07, 6.45) is 7.08.